The van der Waals surface area contributed by atoms with E-state index in [0.717, 1.165) is 0 Å². The van der Waals surface area contributed by atoms with Gasteiger partial charge in [-0.15, -0.1) is 0 Å². The van der Waals surface area contributed by atoms with Crippen LogP contribution in [0.25, 0.3) is 0 Å². The molecule has 0 spiro atoms. The molecule has 0 aliphatic heterocycles. The molecule has 0 N–H and O–H groups in total. The van der Waals surface area contributed by atoms with E-state index >= 15 is 0 Å². The summed E-state index contributed by atoms with van der Waals surface area (Å²) in [7, 11) is -3.03. The van der Waals surface area contributed by atoms with Gasteiger partial charge in [-0.2, -0.15) is 0 Å². The van der Waals surface area contributed by atoms with Gasteiger partial charge in [-0.25, -0.2) is 0 Å². The molecule has 0 saturated carbocycles. The standard InChI is InChI=1S/C7H7O5P.2Na/c8-7(9)6(13(10)11)4-5-2-1-3-12-5;;/h1-3,6H,4H2,(H,8,9);;/q;2*+1/p-1. The molecule has 70 valence electrons. The van der Waals surface area contributed by atoms with Gasteiger partial charge in [-0.1, -0.05) is 4.57 Å². The van der Waals surface area contributed by atoms with Crippen molar-refractivity contribution in [2.75, 3.05) is 0 Å². The van der Waals surface area contributed by atoms with Crippen LogP contribution in [0, 0.1) is 0 Å². The number of carbonyl (C=O) groups excluding carboxylic acids is 1. The Bertz CT molecular complexity index is 299. The van der Waals surface area contributed by atoms with E-state index in [9.17, 15) is 19.4 Å². The molecule has 8 heteroatoms. The number of hydrogen-bond acceptors (Lipinski definition) is 5. The first-order valence-corrected chi connectivity index (χ1v) is 4.72. The van der Waals surface area contributed by atoms with Gasteiger partial charge in [0.15, 0.2) is 5.66 Å². The van der Waals surface area contributed by atoms with Crippen LogP contribution in [0.4, 0.5) is 0 Å². The molecule has 0 amide bonds. The molecule has 0 radical (unpaired) electrons. The van der Waals surface area contributed by atoms with Crippen molar-refractivity contribution < 1.29 is 82.9 Å². The Morgan fingerprint density at radius 2 is 2.13 bits per heavy atom. The van der Waals surface area contributed by atoms with Crippen molar-refractivity contribution in [3.8, 4) is 0 Å². The summed E-state index contributed by atoms with van der Waals surface area (Å²) < 4.78 is 15.2. The number of aliphatic carboxylic acids is 1. The second-order valence-electron chi connectivity index (χ2n) is 2.40. The Kier molecular flexibility index (Phi) is 10.8. The molecule has 1 heterocycles. The summed E-state index contributed by atoms with van der Waals surface area (Å²) in [4.78, 5) is 20.8. The second kappa shape index (κ2) is 8.90. The summed E-state index contributed by atoms with van der Waals surface area (Å²) in [6.45, 7) is 0. The van der Waals surface area contributed by atoms with E-state index in [-0.39, 0.29) is 65.5 Å². The van der Waals surface area contributed by atoms with Crippen molar-refractivity contribution >= 4 is 14.0 Å². The quantitative estimate of drug-likeness (QED) is 0.389. The van der Waals surface area contributed by atoms with Crippen molar-refractivity contribution in [2.45, 2.75) is 12.1 Å². The van der Waals surface area contributed by atoms with Gasteiger partial charge in [0.25, 0.3) is 0 Å². The largest absolute Gasteiger partial charge is 1.00 e. The van der Waals surface area contributed by atoms with E-state index in [2.05, 4.69) is 0 Å². The molecule has 15 heavy (non-hydrogen) atoms. The minimum Gasteiger partial charge on any atom is -0.595 e. The Labute approximate surface area is 132 Å². The third-order valence-electron chi connectivity index (χ3n) is 1.50. The van der Waals surface area contributed by atoms with Crippen LogP contribution < -0.4 is 69.1 Å². The molecule has 0 bridgehead atoms. The molecule has 0 aromatic carbocycles. The van der Waals surface area contributed by atoms with Crippen molar-refractivity contribution in [2.24, 2.45) is 0 Å². The zero-order valence-electron chi connectivity index (χ0n) is 8.50. The van der Waals surface area contributed by atoms with Crippen LogP contribution in [0.2, 0.25) is 0 Å². The van der Waals surface area contributed by atoms with Gasteiger partial charge in [-0.05, 0) is 12.1 Å². The Hall–Kier alpha value is 0.810. The van der Waals surface area contributed by atoms with Gasteiger partial charge < -0.3 is 19.2 Å². The van der Waals surface area contributed by atoms with E-state index in [1.807, 2.05) is 0 Å². The minimum atomic E-state index is -3.03. The number of furan rings is 1. The van der Waals surface area contributed by atoms with Gasteiger partial charge in [0.05, 0.1) is 18.7 Å². The first-order valence-electron chi connectivity index (χ1n) is 3.48. The molecule has 1 aromatic heterocycles. The Morgan fingerprint density at radius 1 is 1.53 bits per heavy atom. The van der Waals surface area contributed by atoms with Crippen LogP contribution in [0.15, 0.2) is 22.8 Å². The van der Waals surface area contributed by atoms with Gasteiger partial charge in [-0.3, -0.25) is 0 Å². The molecule has 1 rings (SSSR count). The number of hydrogen-bond donors (Lipinski definition) is 0. The number of carboxylic acids is 1. The minimum absolute atomic E-state index is 0. The molecular formula is C7H6Na2O5P+. The van der Waals surface area contributed by atoms with Gasteiger partial charge in [0.1, 0.15) is 5.76 Å². The van der Waals surface area contributed by atoms with Crippen molar-refractivity contribution in [3.63, 3.8) is 0 Å². The zero-order valence-corrected chi connectivity index (χ0v) is 13.4. The fourth-order valence-electron chi connectivity index (χ4n) is 0.863. The first kappa shape index (κ1) is 18.2. The Morgan fingerprint density at radius 3 is 2.47 bits per heavy atom. The number of carboxylic acid groups (broad SMARTS) is 1. The number of rotatable bonds is 4. The van der Waals surface area contributed by atoms with E-state index < -0.39 is 19.7 Å². The SMILES string of the molecule is O=C([O-])C(Cc1ccco1)[P+](=O)[O-].[Na+].[Na+]. The molecule has 2 unspecified atom stereocenters. The molecule has 0 fully saturated rings. The molecule has 2 atom stereocenters. The molecule has 1 aromatic rings. The monoisotopic (exact) mass is 247 g/mol. The van der Waals surface area contributed by atoms with Crippen molar-refractivity contribution in [1.82, 2.24) is 0 Å². The van der Waals surface area contributed by atoms with Crippen molar-refractivity contribution in [3.05, 3.63) is 24.2 Å². The summed E-state index contributed by atoms with van der Waals surface area (Å²) in [5.41, 5.74) is -1.51. The molecule has 0 aliphatic rings. The molecule has 0 saturated heterocycles. The van der Waals surface area contributed by atoms with Crippen LogP contribution in [0.1, 0.15) is 5.76 Å². The van der Waals surface area contributed by atoms with Gasteiger partial charge in [0, 0.05) is 0 Å². The van der Waals surface area contributed by atoms with E-state index in [4.69, 9.17) is 4.42 Å². The van der Waals surface area contributed by atoms with E-state index in [1.54, 1.807) is 6.07 Å². The summed E-state index contributed by atoms with van der Waals surface area (Å²) in [5.74, 6) is -1.29. The average molecular weight is 247 g/mol. The number of carbonyl (C=O) groups is 1. The maximum absolute atomic E-state index is 10.4. The molecule has 5 nitrogen and oxygen atoms in total. The molecule has 0 aliphatic carbocycles. The van der Waals surface area contributed by atoms with Crippen LogP contribution >= 0.6 is 8.03 Å². The fraction of sp³-hybridized carbons (Fsp3) is 0.286. The van der Waals surface area contributed by atoms with Gasteiger partial charge >= 0.3 is 67.1 Å². The van der Waals surface area contributed by atoms with Crippen LogP contribution in [-0.4, -0.2) is 11.6 Å². The van der Waals surface area contributed by atoms with E-state index in [0.29, 0.717) is 5.76 Å². The first-order chi connectivity index (χ1) is 6.11. The summed E-state index contributed by atoms with van der Waals surface area (Å²) in [5, 5.41) is 10.3. The average Bonchev–Trinajstić information content (AvgIpc) is 2.50. The molecular weight excluding hydrogens is 241 g/mol. The Balaban J connectivity index is 0. The van der Waals surface area contributed by atoms with E-state index in [1.165, 1.54) is 12.3 Å². The maximum atomic E-state index is 10.4. The van der Waals surface area contributed by atoms with Crippen LogP contribution in [0.5, 0.6) is 0 Å². The predicted molar refractivity (Wildman–Crippen MR) is 38.8 cm³/mol. The third kappa shape index (κ3) is 6.19. The summed E-state index contributed by atoms with van der Waals surface area (Å²) in [6.07, 6.45) is 1.16. The predicted octanol–water partition coefficient (Wildman–Crippen LogP) is -6.95. The van der Waals surface area contributed by atoms with Crippen LogP contribution in [0.3, 0.4) is 0 Å². The second-order valence-corrected chi connectivity index (χ2v) is 3.60. The van der Waals surface area contributed by atoms with Crippen molar-refractivity contribution in [1.29, 1.82) is 0 Å². The third-order valence-corrected chi connectivity index (χ3v) is 2.40. The fourth-order valence-corrected chi connectivity index (χ4v) is 1.36. The summed E-state index contributed by atoms with van der Waals surface area (Å²) >= 11 is 0. The van der Waals surface area contributed by atoms with Gasteiger partial charge in [0.2, 0.25) is 0 Å². The smallest absolute Gasteiger partial charge is 0.595 e. The van der Waals surface area contributed by atoms with Crippen LogP contribution in [-0.2, 0) is 15.8 Å². The maximum Gasteiger partial charge on any atom is 1.00 e. The topological polar surface area (TPSA) is 93.4 Å². The normalized spacial score (nSPS) is 11.9. The summed E-state index contributed by atoms with van der Waals surface area (Å²) in [6, 6.07) is 3.06. The zero-order chi connectivity index (χ0) is 9.84.